The van der Waals surface area contributed by atoms with Gasteiger partial charge in [0.15, 0.2) is 0 Å². The number of primary amides is 2. The maximum absolute atomic E-state index is 12.6. The molecule has 5 amide bonds. The number of aliphatic hydroxyl groups is 1. The summed E-state index contributed by atoms with van der Waals surface area (Å²) in [7, 11) is 0. The van der Waals surface area contributed by atoms with Gasteiger partial charge in [0.25, 0.3) is 0 Å². The van der Waals surface area contributed by atoms with Crippen molar-refractivity contribution in [3.8, 4) is 0 Å². The van der Waals surface area contributed by atoms with Crippen LogP contribution in [0.4, 0.5) is 0 Å². The highest BCUT2D eigenvalue weighted by atomic mass is 16.4. The van der Waals surface area contributed by atoms with Crippen LogP contribution in [0.15, 0.2) is 0 Å². The first-order valence-corrected chi connectivity index (χ1v) is 9.40. The van der Waals surface area contributed by atoms with Crippen molar-refractivity contribution in [2.24, 2.45) is 17.2 Å². The zero-order valence-electron chi connectivity index (χ0n) is 17.3. The minimum atomic E-state index is -1.55. The number of aliphatic carboxylic acids is 1. The molecule has 0 aliphatic heterocycles. The second kappa shape index (κ2) is 13.1. The molecule has 176 valence electrons. The van der Waals surface area contributed by atoms with Crippen molar-refractivity contribution in [3.05, 3.63) is 0 Å². The van der Waals surface area contributed by atoms with Crippen LogP contribution in [0.5, 0.6) is 0 Å². The van der Waals surface area contributed by atoms with Gasteiger partial charge in [-0.05, 0) is 26.7 Å². The van der Waals surface area contributed by atoms with Gasteiger partial charge < -0.3 is 43.4 Å². The molecule has 0 aromatic rings. The number of rotatable bonds is 14. The molecule has 0 aliphatic rings. The number of hydrogen-bond donors (Lipinski definition) is 8. The van der Waals surface area contributed by atoms with Crippen molar-refractivity contribution >= 4 is 35.5 Å². The third-order valence-corrected chi connectivity index (χ3v) is 4.14. The SMILES string of the molecule is CC(NC(=O)C(NC(=O)C(CCC(N)=O)NC(=O)C(N)CCC(N)=O)C(C)O)C(=O)O. The molecule has 0 radical (unpaired) electrons. The number of carbonyl (C=O) groups is 6. The van der Waals surface area contributed by atoms with Crippen molar-refractivity contribution in [2.45, 2.75) is 69.8 Å². The number of aliphatic hydroxyl groups excluding tert-OH is 1. The zero-order valence-corrected chi connectivity index (χ0v) is 17.3. The summed E-state index contributed by atoms with van der Waals surface area (Å²) in [4.78, 5) is 69.9. The molecular formula is C17H30N6O8. The first-order chi connectivity index (χ1) is 14.3. The lowest BCUT2D eigenvalue weighted by Gasteiger charge is -2.26. The van der Waals surface area contributed by atoms with Crippen LogP contribution in [-0.2, 0) is 28.8 Å². The summed E-state index contributed by atoms with van der Waals surface area (Å²) in [5, 5.41) is 25.3. The Morgan fingerprint density at radius 3 is 1.77 bits per heavy atom. The third-order valence-electron chi connectivity index (χ3n) is 4.14. The van der Waals surface area contributed by atoms with E-state index in [4.69, 9.17) is 22.3 Å². The number of nitrogens with two attached hydrogens (primary N) is 3. The van der Waals surface area contributed by atoms with Gasteiger partial charge >= 0.3 is 5.97 Å². The van der Waals surface area contributed by atoms with Crippen molar-refractivity contribution in [2.75, 3.05) is 0 Å². The quantitative estimate of drug-likeness (QED) is 0.128. The molecule has 0 aliphatic carbocycles. The van der Waals surface area contributed by atoms with Crippen molar-refractivity contribution in [1.29, 1.82) is 0 Å². The van der Waals surface area contributed by atoms with Crippen LogP contribution in [-0.4, -0.2) is 76.0 Å². The number of carboxylic acids is 1. The lowest BCUT2D eigenvalue weighted by atomic mass is 10.1. The van der Waals surface area contributed by atoms with Crippen LogP contribution in [0.25, 0.3) is 0 Å². The van der Waals surface area contributed by atoms with Crippen LogP contribution in [0.3, 0.4) is 0 Å². The van der Waals surface area contributed by atoms with Crippen LogP contribution < -0.4 is 33.2 Å². The van der Waals surface area contributed by atoms with E-state index in [2.05, 4.69) is 16.0 Å². The minimum Gasteiger partial charge on any atom is -0.480 e. The predicted molar refractivity (Wildman–Crippen MR) is 106 cm³/mol. The summed E-state index contributed by atoms with van der Waals surface area (Å²) in [5.41, 5.74) is 15.7. The molecule has 14 nitrogen and oxygen atoms in total. The first kappa shape index (κ1) is 27.7. The van der Waals surface area contributed by atoms with Gasteiger partial charge in [-0.3, -0.25) is 28.8 Å². The second-order valence-corrected chi connectivity index (χ2v) is 6.97. The van der Waals surface area contributed by atoms with E-state index in [1.54, 1.807) is 0 Å². The zero-order chi connectivity index (χ0) is 24.3. The molecule has 0 rings (SSSR count). The smallest absolute Gasteiger partial charge is 0.325 e. The van der Waals surface area contributed by atoms with E-state index in [0.29, 0.717) is 0 Å². The Bertz CT molecular complexity index is 698. The van der Waals surface area contributed by atoms with E-state index in [9.17, 15) is 33.9 Å². The van der Waals surface area contributed by atoms with Gasteiger partial charge in [0.05, 0.1) is 12.1 Å². The van der Waals surface area contributed by atoms with E-state index in [-0.39, 0.29) is 25.7 Å². The normalized spacial score (nSPS) is 15.5. The predicted octanol–water partition coefficient (Wildman–Crippen LogP) is -4.22. The molecule has 0 spiro atoms. The van der Waals surface area contributed by atoms with Gasteiger partial charge in [0.1, 0.15) is 18.1 Å². The average Bonchev–Trinajstić information content (AvgIpc) is 2.65. The standard InChI is InChI=1S/C17H30N6O8/c1-7(17(30)31)21-16(29)13(8(2)24)23-15(28)10(4-6-12(20)26)22-14(27)9(18)3-5-11(19)25/h7-10,13,24H,3-6,18H2,1-2H3,(H2,19,25)(H2,20,26)(H,21,29)(H,22,27)(H,23,28)(H,30,31). The number of carbonyl (C=O) groups excluding carboxylic acids is 5. The Labute approximate surface area is 178 Å². The van der Waals surface area contributed by atoms with E-state index in [0.717, 1.165) is 0 Å². The minimum absolute atomic E-state index is 0.0862. The molecule has 0 saturated heterocycles. The highest BCUT2D eigenvalue weighted by Gasteiger charge is 2.32. The average molecular weight is 446 g/mol. The lowest BCUT2D eigenvalue weighted by molar-refractivity contribution is -0.142. The highest BCUT2D eigenvalue weighted by Crippen LogP contribution is 2.03. The molecule has 0 heterocycles. The molecule has 5 unspecified atom stereocenters. The number of nitrogens with one attached hydrogen (secondary N) is 3. The van der Waals surface area contributed by atoms with Gasteiger partial charge in [-0.25, -0.2) is 0 Å². The Morgan fingerprint density at radius 2 is 1.32 bits per heavy atom. The summed E-state index contributed by atoms with van der Waals surface area (Å²) in [6.45, 7) is 2.37. The Hall–Kier alpha value is -3.26. The van der Waals surface area contributed by atoms with Crippen LogP contribution in [0.1, 0.15) is 39.5 Å². The van der Waals surface area contributed by atoms with Crippen molar-refractivity contribution in [3.63, 3.8) is 0 Å². The van der Waals surface area contributed by atoms with Crippen LogP contribution in [0.2, 0.25) is 0 Å². The number of hydrogen-bond acceptors (Lipinski definition) is 8. The van der Waals surface area contributed by atoms with Gasteiger partial charge in [-0.15, -0.1) is 0 Å². The second-order valence-electron chi connectivity index (χ2n) is 6.97. The maximum Gasteiger partial charge on any atom is 0.325 e. The number of amides is 5. The van der Waals surface area contributed by atoms with Crippen LogP contribution in [0, 0.1) is 0 Å². The van der Waals surface area contributed by atoms with E-state index >= 15 is 0 Å². The molecule has 0 aromatic heterocycles. The van der Waals surface area contributed by atoms with Gasteiger partial charge in [0.2, 0.25) is 29.5 Å². The summed E-state index contributed by atoms with van der Waals surface area (Å²) in [6, 6.07) is -5.38. The molecule has 14 heteroatoms. The maximum atomic E-state index is 12.6. The molecule has 5 atom stereocenters. The molecule has 11 N–H and O–H groups in total. The summed E-state index contributed by atoms with van der Waals surface area (Å²) < 4.78 is 0. The molecule has 0 fully saturated rings. The summed E-state index contributed by atoms with van der Waals surface area (Å²) >= 11 is 0. The fourth-order valence-corrected chi connectivity index (χ4v) is 2.29. The van der Waals surface area contributed by atoms with E-state index in [1.807, 2.05) is 0 Å². The fraction of sp³-hybridized carbons (Fsp3) is 0.647. The molecule has 0 aromatic carbocycles. The van der Waals surface area contributed by atoms with E-state index < -0.39 is 65.8 Å². The fourth-order valence-electron chi connectivity index (χ4n) is 2.29. The van der Waals surface area contributed by atoms with Gasteiger partial charge in [0, 0.05) is 12.8 Å². The molecule has 0 saturated carbocycles. The van der Waals surface area contributed by atoms with E-state index in [1.165, 1.54) is 13.8 Å². The highest BCUT2D eigenvalue weighted by molar-refractivity contribution is 5.94. The Balaban J connectivity index is 5.32. The van der Waals surface area contributed by atoms with Crippen LogP contribution >= 0.6 is 0 Å². The van der Waals surface area contributed by atoms with Gasteiger partial charge in [-0.2, -0.15) is 0 Å². The lowest BCUT2D eigenvalue weighted by Crippen LogP contribution is -2.59. The Kier molecular flexibility index (Phi) is 11.7. The largest absolute Gasteiger partial charge is 0.480 e. The third kappa shape index (κ3) is 10.9. The molecule has 0 bridgehead atoms. The monoisotopic (exact) mass is 446 g/mol. The van der Waals surface area contributed by atoms with Crippen molar-refractivity contribution < 1.29 is 39.0 Å². The Morgan fingerprint density at radius 1 is 0.806 bits per heavy atom. The van der Waals surface area contributed by atoms with Gasteiger partial charge in [-0.1, -0.05) is 0 Å². The number of carboxylic acid groups (broad SMARTS) is 1. The molecular weight excluding hydrogens is 416 g/mol. The van der Waals surface area contributed by atoms with Crippen molar-refractivity contribution in [1.82, 2.24) is 16.0 Å². The first-order valence-electron chi connectivity index (χ1n) is 9.40. The molecule has 31 heavy (non-hydrogen) atoms. The summed E-state index contributed by atoms with van der Waals surface area (Å²) in [6.07, 6.45) is -2.21. The topological polar surface area (TPSA) is 257 Å². The summed E-state index contributed by atoms with van der Waals surface area (Å²) in [5.74, 6) is -5.50.